The maximum absolute atomic E-state index is 12.0. The Kier molecular flexibility index (Phi) is 2.22. The summed E-state index contributed by atoms with van der Waals surface area (Å²) in [5.74, 6) is -0.249. The Labute approximate surface area is 98.5 Å². The predicted molar refractivity (Wildman–Crippen MR) is 61.6 cm³/mol. The van der Waals surface area contributed by atoms with Gasteiger partial charge in [-0.15, -0.1) is 0 Å². The summed E-state index contributed by atoms with van der Waals surface area (Å²) in [6.07, 6.45) is 4.99. The number of hydrogen-bond acceptors (Lipinski definition) is 3. The van der Waals surface area contributed by atoms with Crippen LogP contribution in [0.1, 0.15) is 31.2 Å². The highest BCUT2D eigenvalue weighted by Gasteiger charge is 2.36. The average molecular weight is 234 g/mol. The van der Waals surface area contributed by atoms with Crippen molar-refractivity contribution in [3.63, 3.8) is 0 Å². The lowest BCUT2D eigenvalue weighted by Gasteiger charge is -2.25. The van der Waals surface area contributed by atoms with Gasteiger partial charge in [0.2, 0.25) is 6.21 Å². The van der Waals surface area contributed by atoms with Crippen molar-refractivity contribution >= 4 is 6.21 Å². The SMILES string of the molecule is [O-][N+]1=Cc2ccc(O)n2C(O)C2CCCC=C21. The number of aliphatic hydroxyl groups excluding tert-OH is 1. The molecule has 0 saturated carbocycles. The molecule has 1 aliphatic heterocycles. The fourth-order valence-electron chi connectivity index (χ4n) is 2.66. The molecule has 2 N–H and O–H groups in total. The highest BCUT2D eigenvalue weighted by molar-refractivity contribution is 5.75. The van der Waals surface area contributed by atoms with E-state index in [4.69, 9.17) is 0 Å². The number of rotatable bonds is 0. The van der Waals surface area contributed by atoms with Gasteiger partial charge in [-0.3, -0.25) is 4.57 Å². The van der Waals surface area contributed by atoms with Crippen LogP contribution < -0.4 is 0 Å². The van der Waals surface area contributed by atoms with Gasteiger partial charge in [0.15, 0.2) is 11.6 Å². The Morgan fingerprint density at radius 2 is 2.24 bits per heavy atom. The Morgan fingerprint density at radius 3 is 3.06 bits per heavy atom. The van der Waals surface area contributed by atoms with Gasteiger partial charge < -0.3 is 15.4 Å². The lowest BCUT2D eigenvalue weighted by atomic mass is 9.91. The van der Waals surface area contributed by atoms with Crippen LogP contribution >= 0.6 is 0 Å². The number of allylic oxidation sites excluding steroid dienone is 1. The first-order valence-corrected chi connectivity index (χ1v) is 5.78. The number of aromatic hydroxyl groups is 1. The van der Waals surface area contributed by atoms with Crippen LogP contribution in [0, 0.1) is 11.1 Å². The molecule has 0 aromatic carbocycles. The zero-order chi connectivity index (χ0) is 12.0. The lowest BCUT2D eigenvalue weighted by Crippen LogP contribution is -2.24. The molecule has 0 amide bonds. The van der Waals surface area contributed by atoms with E-state index in [1.807, 2.05) is 6.08 Å². The van der Waals surface area contributed by atoms with Crippen LogP contribution in [-0.2, 0) is 0 Å². The minimum absolute atomic E-state index is 0.0102. The maximum Gasteiger partial charge on any atom is 0.204 e. The quantitative estimate of drug-likeness (QED) is 0.525. The van der Waals surface area contributed by atoms with E-state index < -0.39 is 6.23 Å². The van der Waals surface area contributed by atoms with E-state index in [0.29, 0.717) is 11.4 Å². The van der Waals surface area contributed by atoms with Gasteiger partial charge in [0.1, 0.15) is 11.9 Å². The third-order valence-corrected chi connectivity index (χ3v) is 3.51. The second kappa shape index (κ2) is 3.63. The smallest absolute Gasteiger partial charge is 0.204 e. The molecule has 1 aliphatic carbocycles. The van der Waals surface area contributed by atoms with Crippen molar-refractivity contribution in [2.24, 2.45) is 5.92 Å². The van der Waals surface area contributed by atoms with E-state index in [1.54, 1.807) is 6.07 Å². The summed E-state index contributed by atoms with van der Waals surface area (Å²) in [6.45, 7) is 0. The highest BCUT2D eigenvalue weighted by atomic mass is 16.5. The predicted octanol–water partition coefficient (Wildman–Crippen LogP) is 1.31. The molecule has 0 bridgehead atoms. The van der Waals surface area contributed by atoms with Crippen LogP contribution in [0.15, 0.2) is 23.9 Å². The molecular formula is C12H14N2O3. The van der Waals surface area contributed by atoms with Crippen molar-refractivity contribution in [1.29, 1.82) is 0 Å². The second-order valence-corrected chi connectivity index (χ2v) is 4.52. The zero-order valence-electron chi connectivity index (χ0n) is 9.28. The van der Waals surface area contributed by atoms with Crippen molar-refractivity contribution in [2.75, 3.05) is 0 Å². The van der Waals surface area contributed by atoms with Gasteiger partial charge in [-0.1, -0.05) is 0 Å². The molecule has 2 heterocycles. The highest BCUT2D eigenvalue weighted by Crippen LogP contribution is 2.37. The van der Waals surface area contributed by atoms with Crippen molar-refractivity contribution < 1.29 is 15.0 Å². The van der Waals surface area contributed by atoms with Crippen LogP contribution in [0.3, 0.4) is 0 Å². The molecule has 2 atom stereocenters. The fraction of sp³-hybridized carbons (Fsp3) is 0.417. The van der Waals surface area contributed by atoms with Gasteiger partial charge in [-0.05, 0) is 31.4 Å². The van der Waals surface area contributed by atoms with E-state index in [-0.39, 0.29) is 11.8 Å². The van der Waals surface area contributed by atoms with Crippen molar-refractivity contribution in [1.82, 2.24) is 4.57 Å². The van der Waals surface area contributed by atoms with Gasteiger partial charge >= 0.3 is 0 Å². The van der Waals surface area contributed by atoms with Crippen molar-refractivity contribution in [3.8, 4) is 5.88 Å². The number of aromatic nitrogens is 1. The molecule has 0 radical (unpaired) electrons. The molecular weight excluding hydrogens is 220 g/mol. The summed E-state index contributed by atoms with van der Waals surface area (Å²) in [4.78, 5) is 0. The number of hydroxylamine groups is 1. The number of aliphatic hydroxyl groups is 1. The normalized spacial score (nSPS) is 27.6. The molecule has 2 aliphatic rings. The Bertz CT molecular complexity index is 516. The van der Waals surface area contributed by atoms with E-state index in [9.17, 15) is 15.4 Å². The molecule has 1 aromatic heterocycles. The standard InChI is InChI=1S/C12H14N2O3/c15-11-6-5-8-7-13(17)10-4-2-1-3-9(10)12(16)14(8)11/h4-7,9,12,15-16H,1-3H2. The number of fused-ring (bicyclic) bond motifs is 2. The molecule has 0 spiro atoms. The van der Waals surface area contributed by atoms with Crippen LogP contribution in [0.2, 0.25) is 0 Å². The Balaban J connectivity index is 2.18. The third-order valence-electron chi connectivity index (χ3n) is 3.51. The molecule has 17 heavy (non-hydrogen) atoms. The minimum atomic E-state index is -0.873. The summed E-state index contributed by atoms with van der Waals surface area (Å²) in [6, 6.07) is 3.11. The summed E-state index contributed by atoms with van der Waals surface area (Å²) in [5, 5.41) is 32.0. The van der Waals surface area contributed by atoms with Gasteiger partial charge in [-0.2, -0.15) is 4.74 Å². The van der Waals surface area contributed by atoms with E-state index >= 15 is 0 Å². The van der Waals surface area contributed by atoms with Gasteiger partial charge in [-0.25, -0.2) is 0 Å². The first-order chi connectivity index (χ1) is 8.18. The van der Waals surface area contributed by atoms with Crippen LogP contribution in [0.5, 0.6) is 5.88 Å². The summed E-state index contributed by atoms with van der Waals surface area (Å²) < 4.78 is 2.22. The largest absolute Gasteiger partial charge is 0.618 e. The molecule has 5 heteroatoms. The van der Waals surface area contributed by atoms with Crippen molar-refractivity contribution in [3.05, 3.63) is 34.8 Å². The first kappa shape index (κ1) is 10.4. The number of hydrogen-bond donors (Lipinski definition) is 2. The summed E-state index contributed by atoms with van der Waals surface area (Å²) in [5.41, 5.74) is 1.13. The van der Waals surface area contributed by atoms with Gasteiger partial charge in [0.05, 0.1) is 5.92 Å². The zero-order valence-corrected chi connectivity index (χ0v) is 9.28. The Morgan fingerprint density at radius 1 is 1.41 bits per heavy atom. The third kappa shape index (κ3) is 1.46. The first-order valence-electron chi connectivity index (χ1n) is 5.78. The van der Waals surface area contributed by atoms with Gasteiger partial charge in [0.25, 0.3) is 0 Å². The molecule has 1 aromatic rings. The van der Waals surface area contributed by atoms with E-state index in [0.717, 1.165) is 24.0 Å². The van der Waals surface area contributed by atoms with E-state index in [1.165, 1.54) is 16.8 Å². The minimum Gasteiger partial charge on any atom is -0.618 e. The molecule has 5 nitrogen and oxygen atoms in total. The average Bonchev–Trinajstić information content (AvgIpc) is 2.64. The topological polar surface area (TPSA) is 71.5 Å². The number of nitrogens with zero attached hydrogens (tertiary/aromatic N) is 2. The van der Waals surface area contributed by atoms with Gasteiger partial charge in [0, 0.05) is 6.07 Å². The molecule has 0 saturated heterocycles. The molecule has 3 rings (SSSR count). The molecule has 2 unspecified atom stereocenters. The molecule has 0 fully saturated rings. The summed E-state index contributed by atoms with van der Waals surface area (Å²) >= 11 is 0. The van der Waals surface area contributed by atoms with Crippen LogP contribution in [0.4, 0.5) is 0 Å². The lowest BCUT2D eigenvalue weighted by molar-refractivity contribution is -0.408. The fourth-order valence-corrected chi connectivity index (χ4v) is 2.66. The Hall–Kier alpha value is -1.75. The van der Waals surface area contributed by atoms with Crippen LogP contribution in [0.25, 0.3) is 0 Å². The molecule has 90 valence electrons. The summed E-state index contributed by atoms with van der Waals surface area (Å²) in [7, 11) is 0. The van der Waals surface area contributed by atoms with Crippen molar-refractivity contribution in [2.45, 2.75) is 25.5 Å². The van der Waals surface area contributed by atoms with Crippen LogP contribution in [-0.4, -0.2) is 25.7 Å². The maximum atomic E-state index is 12.0. The monoisotopic (exact) mass is 234 g/mol. The van der Waals surface area contributed by atoms with E-state index in [2.05, 4.69) is 0 Å². The second-order valence-electron chi connectivity index (χ2n) is 4.52.